The van der Waals surface area contributed by atoms with Crippen LogP contribution in [-0.4, -0.2) is 43.7 Å². The predicted molar refractivity (Wildman–Crippen MR) is 65.1 cm³/mol. The zero-order valence-electron chi connectivity index (χ0n) is 10.3. The molecule has 1 aromatic rings. The molecule has 1 amide bonds. The minimum absolute atomic E-state index is 0.0396. The molecule has 1 heterocycles. The molecule has 104 valence electrons. The quantitative estimate of drug-likeness (QED) is 0.686. The van der Waals surface area contributed by atoms with Crippen molar-refractivity contribution in [2.45, 2.75) is 32.2 Å². The molecular formula is C10H13N3O5S. The van der Waals surface area contributed by atoms with Gasteiger partial charge < -0.3 is 15.5 Å². The van der Waals surface area contributed by atoms with E-state index in [0.29, 0.717) is 5.69 Å². The van der Waals surface area contributed by atoms with Gasteiger partial charge in [0.25, 0.3) is 5.91 Å². The number of hydrogen-bond acceptors (Lipinski definition) is 6. The third kappa shape index (κ3) is 3.98. The highest BCUT2D eigenvalue weighted by molar-refractivity contribution is 7.08. The average Bonchev–Trinajstić information content (AvgIpc) is 2.76. The van der Waals surface area contributed by atoms with E-state index in [1.807, 2.05) is 13.8 Å². The fourth-order valence-electron chi connectivity index (χ4n) is 1.33. The first kappa shape index (κ1) is 15.0. The smallest absolute Gasteiger partial charge is 0.326 e. The number of rotatable bonds is 6. The van der Waals surface area contributed by atoms with Crippen molar-refractivity contribution in [3.8, 4) is 0 Å². The summed E-state index contributed by atoms with van der Waals surface area (Å²) in [6, 6.07) is -1.48. The normalized spacial score (nSPS) is 12.2. The van der Waals surface area contributed by atoms with Gasteiger partial charge >= 0.3 is 11.9 Å². The van der Waals surface area contributed by atoms with Crippen LogP contribution in [-0.2, 0) is 9.59 Å². The van der Waals surface area contributed by atoms with Crippen LogP contribution in [0.2, 0.25) is 0 Å². The summed E-state index contributed by atoms with van der Waals surface area (Å²) in [6.45, 7) is 3.64. The zero-order chi connectivity index (χ0) is 14.6. The van der Waals surface area contributed by atoms with Gasteiger partial charge in [-0.25, -0.2) is 4.79 Å². The van der Waals surface area contributed by atoms with Gasteiger partial charge in [-0.2, -0.15) is 0 Å². The van der Waals surface area contributed by atoms with Gasteiger partial charge in [-0.05, 0) is 17.5 Å². The topological polar surface area (TPSA) is 129 Å². The van der Waals surface area contributed by atoms with E-state index in [9.17, 15) is 14.4 Å². The van der Waals surface area contributed by atoms with Crippen LogP contribution in [0, 0.1) is 0 Å². The maximum Gasteiger partial charge on any atom is 0.326 e. The molecule has 8 nitrogen and oxygen atoms in total. The van der Waals surface area contributed by atoms with Crippen LogP contribution >= 0.6 is 11.5 Å². The first-order valence-corrected chi connectivity index (χ1v) is 6.18. The molecule has 1 atom stereocenters. The van der Waals surface area contributed by atoms with E-state index < -0.39 is 30.3 Å². The molecular weight excluding hydrogens is 274 g/mol. The molecule has 0 spiro atoms. The van der Waals surface area contributed by atoms with Crippen LogP contribution in [0.5, 0.6) is 0 Å². The van der Waals surface area contributed by atoms with Crippen LogP contribution in [0.1, 0.15) is 41.6 Å². The molecule has 0 unspecified atom stereocenters. The Balaban J connectivity index is 2.85. The van der Waals surface area contributed by atoms with Gasteiger partial charge in [0, 0.05) is 0 Å². The highest BCUT2D eigenvalue weighted by Gasteiger charge is 2.26. The van der Waals surface area contributed by atoms with Crippen molar-refractivity contribution in [2.24, 2.45) is 0 Å². The number of amides is 1. The highest BCUT2D eigenvalue weighted by atomic mass is 32.1. The number of aromatic nitrogens is 2. The Kier molecular flexibility index (Phi) is 4.93. The Morgan fingerprint density at radius 1 is 1.32 bits per heavy atom. The van der Waals surface area contributed by atoms with Crippen LogP contribution in [0.3, 0.4) is 0 Å². The summed E-state index contributed by atoms with van der Waals surface area (Å²) in [4.78, 5) is 33.5. The summed E-state index contributed by atoms with van der Waals surface area (Å²) >= 11 is 0.845. The van der Waals surface area contributed by atoms with Gasteiger partial charge in [-0.3, -0.25) is 9.59 Å². The molecule has 0 fully saturated rings. The molecule has 0 saturated carbocycles. The molecule has 3 N–H and O–H groups in total. The first-order chi connectivity index (χ1) is 8.82. The summed E-state index contributed by atoms with van der Waals surface area (Å²) in [6.07, 6.45) is -0.690. The summed E-state index contributed by atoms with van der Waals surface area (Å²) in [5.74, 6) is -3.42. The number of nitrogens with zero attached hydrogens (tertiary/aromatic N) is 2. The highest BCUT2D eigenvalue weighted by Crippen LogP contribution is 2.19. The van der Waals surface area contributed by atoms with Gasteiger partial charge in [0.2, 0.25) is 0 Å². The lowest BCUT2D eigenvalue weighted by atomic mass is 10.1. The zero-order valence-corrected chi connectivity index (χ0v) is 11.1. The Morgan fingerprint density at radius 2 is 1.95 bits per heavy atom. The standard InChI is InChI=1S/C10H13N3O5S/c1-4(2)7-8(19-13-12-7)9(16)11-5(10(17)18)3-6(14)15/h4-5H,3H2,1-2H3,(H,11,16)(H,14,15)(H,17,18)/t5-/m0/s1. The molecule has 0 radical (unpaired) electrons. The minimum Gasteiger partial charge on any atom is -0.481 e. The number of nitrogens with one attached hydrogen (secondary N) is 1. The fourth-order valence-corrected chi connectivity index (χ4v) is 2.05. The maximum atomic E-state index is 11.9. The van der Waals surface area contributed by atoms with Crippen LogP contribution in [0.25, 0.3) is 0 Å². The Hall–Kier alpha value is -2.03. The van der Waals surface area contributed by atoms with Gasteiger partial charge in [-0.15, -0.1) is 5.10 Å². The van der Waals surface area contributed by atoms with Gasteiger partial charge in [0.1, 0.15) is 10.9 Å². The summed E-state index contributed by atoms with van der Waals surface area (Å²) in [5, 5.41) is 23.4. The Morgan fingerprint density at radius 3 is 2.42 bits per heavy atom. The predicted octanol–water partition coefficient (Wildman–Crippen LogP) is 0.319. The molecule has 0 aliphatic rings. The van der Waals surface area contributed by atoms with Crippen molar-refractivity contribution in [3.05, 3.63) is 10.6 Å². The van der Waals surface area contributed by atoms with E-state index >= 15 is 0 Å². The molecule has 19 heavy (non-hydrogen) atoms. The second-order valence-corrected chi connectivity index (χ2v) is 4.86. The van der Waals surface area contributed by atoms with Crippen LogP contribution < -0.4 is 5.32 Å². The lowest BCUT2D eigenvalue weighted by Crippen LogP contribution is -2.42. The van der Waals surface area contributed by atoms with Crippen molar-refractivity contribution in [2.75, 3.05) is 0 Å². The van der Waals surface area contributed by atoms with E-state index in [4.69, 9.17) is 10.2 Å². The van der Waals surface area contributed by atoms with E-state index in [-0.39, 0.29) is 10.8 Å². The number of carbonyl (C=O) groups is 3. The number of carboxylic acids is 2. The maximum absolute atomic E-state index is 11.9. The summed E-state index contributed by atoms with van der Waals surface area (Å²) in [7, 11) is 0. The van der Waals surface area contributed by atoms with Gasteiger partial charge in [-0.1, -0.05) is 18.3 Å². The molecule has 0 aliphatic carbocycles. The third-order valence-electron chi connectivity index (χ3n) is 2.25. The van der Waals surface area contributed by atoms with E-state index in [1.165, 1.54) is 0 Å². The Bertz CT molecular complexity index is 499. The van der Waals surface area contributed by atoms with Crippen LogP contribution in [0.4, 0.5) is 0 Å². The third-order valence-corrected chi connectivity index (χ3v) is 2.99. The second-order valence-electron chi connectivity index (χ2n) is 4.10. The molecule has 0 aromatic carbocycles. The number of aliphatic carboxylic acids is 2. The van der Waals surface area contributed by atoms with Crippen molar-refractivity contribution in [3.63, 3.8) is 0 Å². The Labute approximate surface area is 112 Å². The monoisotopic (exact) mass is 287 g/mol. The largest absolute Gasteiger partial charge is 0.481 e. The number of hydrogen-bond donors (Lipinski definition) is 3. The second kappa shape index (κ2) is 6.23. The lowest BCUT2D eigenvalue weighted by molar-refractivity contribution is -0.145. The summed E-state index contributed by atoms with van der Waals surface area (Å²) in [5.41, 5.74) is 0.460. The average molecular weight is 287 g/mol. The molecule has 9 heteroatoms. The number of carboxylic acid groups (broad SMARTS) is 2. The summed E-state index contributed by atoms with van der Waals surface area (Å²) < 4.78 is 3.64. The number of carbonyl (C=O) groups excluding carboxylic acids is 1. The van der Waals surface area contributed by atoms with E-state index in [1.54, 1.807) is 0 Å². The molecule has 1 aromatic heterocycles. The molecule has 1 rings (SSSR count). The van der Waals surface area contributed by atoms with Crippen molar-refractivity contribution in [1.82, 2.24) is 14.9 Å². The first-order valence-electron chi connectivity index (χ1n) is 5.40. The molecule has 0 bridgehead atoms. The van der Waals surface area contributed by atoms with Crippen molar-refractivity contribution < 1.29 is 24.6 Å². The molecule has 0 saturated heterocycles. The fraction of sp³-hybridized carbons (Fsp3) is 0.500. The van der Waals surface area contributed by atoms with Gasteiger partial charge in [0.15, 0.2) is 0 Å². The van der Waals surface area contributed by atoms with E-state index in [0.717, 1.165) is 11.5 Å². The SMILES string of the molecule is CC(C)c1nnsc1C(=O)N[C@@H](CC(=O)O)C(=O)O. The lowest BCUT2D eigenvalue weighted by Gasteiger charge is -2.12. The van der Waals surface area contributed by atoms with E-state index in [2.05, 4.69) is 14.9 Å². The minimum atomic E-state index is -1.48. The van der Waals surface area contributed by atoms with Crippen molar-refractivity contribution in [1.29, 1.82) is 0 Å². The van der Waals surface area contributed by atoms with Crippen molar-refractivity contribution >= 4 is 29.4 Å². The molecule has 0 aliphatic heterocycles. The van der Waals surface area contributed by atoms with Crippen LogP contribution in [0.15, 0.2) is 0 Å². The van der Waals surface area contributed by atoms with Gasteiger partial charge in [0.05, 0.1) is 12.1 Å².